The van der Waals surface area contributed by atoms with Gasteiger partial charge in [-0.15, -0.1) is 0 Å². The summed E-state index contributed by atoms with van der Waals surface area (Å²) >= 11 is 0. The number of rotatable bonds is 2. The molecule has 0 aliphatic heterocycles. The summed E-state index contributed by atoms with van der Waals surface area (Å²) in [6.07, 6.45) is 1.56. The van der Waals surface area contributed by atoms with Crippen LogP contribution in [0.15, 0.2) is 18.3 Å². The second kappa shape index (κ2) is 3.80. The van der Waals surface area contributed by atoms with Gasteiger partial charge in [-0.05, 0) is 19.1 Å². The van der Waals surface area contributed by atoms with Crippen LogP contribution >= 0.6 is 0 Å². The molecular weight excluding hydrogens is 170 g/mol. The number of esters is 1. The van der Waals surface area contributed by atoms with E-state index in [1.54, 1.807) is 25.3 Å². The largest absolute Gasteiger partial charge is 0.463 e. The van der Waals surface area contributed by atoms with Crippen molar-refractivity contribution in [2.75, 3.05) is 7.11 Å². The average molecular weight is 179 g/mol. The van der Waals surface area contributed by atoms with Crippen LogP contribution in [0.5, 0.6) is 0 Å². The lowest BCUT2D eigenvalue weighted by Crippen LogP contribution is -2.17. The standard InChI is InChI=1S/C9H9NO3/c1-6-7(4-3-5-10-6)8(11)9(12)13-2/h3-5H,1-2H3. The van der Waals surface area contributed by atoms with Crippen molar-refractivity contribution in [3.8, 4) is 0 Å². The average Bonchev–Trinajstić information content (AvgIpc) is 2.16. The summed E-state index contributed by atoms with van der Waals surface area (Å²) in [5.41, 5.74) is 0.812. The predicted molar refractivity (Wildman–Crippen MR) is 45.3 cm³/mol. The Bertz CT molecular complexity index is 346. The first-order chi connectivity index (χ1) is 6.16. The topological polar surface area (TPSA) is 56.3 Å². The van der Waals surface area contributed by atoms with Gasteiger partial charge in [-0.2, -0.15) is 0 Å². The van der Waals surface area contributed by atoms with Crippen molar-refractivity contribution in [1.29, 1.82) is 0 Å². The molecule has 1 aromatic rings. The van der Waals surface area contributed by atoms with Crippen molar-refractivity contribution in [2.24, 2.45) is 0 Å². The normalized spacial score (nSPS) is 9.38. The zero-order valence-electron chi connectivity index (χ0n) is 7.40. The van der Waals surface area contributed by atoms with Crippen molar-refractivity contribution in [3.63, 3.8) is 0 Å². The minimum atomic E-state index is -0.865. The molecule has 0 saturated heterocycles. The van der Waals surface area contributed by atoms with Crippen molar-refractivity contribution >= 4 is 11.8 Å². The van der Waals surface area contributed by atoms with Gasteiger partial charge in [0.1, 0.15) is 0 Å². The molecule has 0 fully saturated rings. The third-order valence-corrected chi connectivity index (χ3v) is 1.62. The van der Waals surface area contributed by atoms with Crippen molar-refractivity contribution in [3.05, 3.63) is 29.6 Å². The molecule has 1 aromatic heterocycles. The molecule has 0 amide bonds. The van der Waals surface area contributed by atoms with Crippen molar-refractivity contribution < 1.29 is 14.3 Å². The first kappa shape index (κ1) is 9.38. The highest BCUT2D eigenvalue weighted by Gasteiger charge is 2.18. The van der Waals surface area contributed by atoms with Crippen molar-refractivity contribution in [1.82, 2.24) is 4.98 Å². The van der Waals surface area contributed by atoms with E-state index in [0.717, 1.165) is 0 Å². The molecule has 0 unspecified atom stereocenters. The highest BCUT2D eigenvalue weighted by Crippen LogP contribution is 2.05. The first-order valence-electron chi connectivity index (χ1n) is 3.71. The number of aryl methyl sites for hydroxylation is 1. The number of nitrogens with zero attached hydrogens (tertiary/aromatic N) is 1. The van der Waals surface area contributed by atoms with Crippen LogP contribution in [-0.2, 0) is 9.53 Å². The number of carbonyl (C=O) groups excluding carboxylic acids is 2. The Kier molecular flexibility index (Phi) is 2.74. The molecule has 0 saturated carbocycles. The highest BCUT2D eigenvalue weighted by molar-refractivity contribution is 6.40. The molecule has 0 aromatic carbocycles. The smallest absolute Gasteiger partial charge is 0.379 e. The number of ether oxygens (including phenoxy) is 1. The second-order valence-corrected chi connectivity index (χ2v) is 2.46. The fourth-order valence-electron chi connectivity index (χ4n) is 0.927. The van der Waals surface area contributed by atoms with Gasteiger partial charge < -0.3 is 4.74 Å². The van der Waals surface area contributed by atoms with Gasteiger partial charge in [0.2, 0.25) is 0 Å². The lowest BCUT2D eigenvalue weighted by atomic mass is 10.1. The van der Waals surface area contributed by atoms with Crippen LogP contribution in [0.2, 0.25) is 0 Å². The fraction of sp³-hybridized carbons (Fsp3) is 0.222. The molecule has 4 nitrogen and oxygen atoms in total. The Labute approximate surface area is 75.5 Å². The van der Waals surface area contributed by atoms with Crippen LogP contribution < -0.4 is 0 Å². The van der Waals surface area contributed by atoms with E-state index >= 15 is 0 Å². The maximum Gasteiger partial charge on any atom is 0.379 e. The molecule has 13 heavy (non-hydrogen) atoms. The molecule has 0 radical (unpaired) electrons. The van der Waals surface area contributed by atoms with Gasteiger partial charge >= 0.3 is 5.97 Å². The number of pyridine rings is 1. The second-order valence-electron chi connectivity index (χ2n) is 2.46. The Hall–Kier alpha value is -1.71. The summed E-state index contributed by atoms with van der Waals surface area (Å²) in [5, 5.41) is 0. The summed E-state index contributed by atoms with van der Waals surface area (Å²) < 4.78 is 4.31. The predicted octanol–water partition coefficient (Wildman–Crippen LogP) is 0.746. The number of hydrogen-bond acceptors (Lipinski definition) is 4. The number of Topliss-reactive ketones (excluding diaryl/α,β-unsaturated/α-hetero) is 1. The van der Waals surface area contributed by atoms with Crippen LogP contribution in [0.3, 0.4) is 0 Å². The van der Waals surface area contributed by atoms with E-state index in [-0.39, 0.29) is 5.56 Å². The fourth-order valence-corrected chi connectivity index (χ4v) is 0.927. The third kappa shape index (κ3) is 1.90. The van der Waals surface area contributed by atoms with Crippen LogP contribution in [-0.4, -0.2) is 23.8 Å². The van der Waals surface area contributed by atoms with Gasteiger partial charge in [0.05, 0.1) is 12.7 Å². The molecule has 0 N–H and O–H groups in total. The summed E-state index contributed by atoms with van der Waals surface area (Å²) in [4.78, 5) is 26.0. The van der Waals surface area contributed by atoms with Crippen molar-refractivity contribution in [2.45, 2.75) is 6.92 Å². The SMILES string of the molecule is COC(=O)C(=O)c1cccnc1C. The molecular formula is C9H9NO3. The third-order valence-electron chi connectivity index (χ3n) is 1.62. The maximum absolute atomic E-state index is 11.3. The lowest BCUT2D eigenvalue weighted by molar-refractivity contribution is -0.135. The summed E-state index contributed by atoms with van der Waals surface area (Å²) in [6, 6.07) is 3.14. The number of ketones is 1. The minimum Gasteiger partial charge on any atom is -0.463 e. The lowest BCUT2D eigenvalue weighted by Gasteiger charge is -2.00. The zero-order valence-corrected chi connectivity index (χ0v) is 7.40. The summed E-state index contributed by atoms with van der Waals surface area (Å²) in [5.74, 6) is -1.52. The molecule has 4 heteroatoms. The minimum absolute atomic E-state index is 0.286. The van der Waals surface area contributed by atoms with E-state index in [9.17, 15) is 9.59 Å². The Morgan fingerprint density at radius 2 is 2.15 bits per heavy atom. The quantitative estimate of drug-likeness (QED) is 0.382. The van der Waals surface area contributed by atoms with Gasteiger partial charge in [-0.25, -0.2) is 4.79 Å². The number of hydrogen-bond donors (Lipinski definition) is 0. The summed E-state index contributed by atoms with van der Waals surface area (Å²) in [7, 11) is 1.17. The van der Waals surface area contributed by atoms with Gasteiger partial charge in [0.15, 0.2) is 0 Å². The van der Waals surface area contributed by atoms with E-state index in [4.69, 9.17) is 0 Å². The maximum atomic E-state index is 11.3. The number of aromatic nitrogens is 1. The highest BCUT2D eigenvalue weighted by atomic mass is 16.5. The van der Waals surface area contributed by atoms with Gasteiger partial charge in [-0.3, -0.25) is 9.78 Å². The Balaban J connectivity index is 3.02. The zero-order chi connectivity index (χ0) is 9.84. The first-order valence-corrected chi connectivity index (χ1v) is 3.71. The van der Waals surface area contributed by atoms with Gasteiger partial charge in [0.25, 0.3) is 5.78 Å². The Morgan fingerprint density at radius 1 is 1.46 bits per heavy atom. The number of carbonyl (C=O) groups is 2. The molecule has 0 aliphatic rings. The van der Waals surface area contributed by atoms with Gasteiger partial charge in [0, 0.05) is 11.9 Å². The monoisotopic (exact) mass is 179 g/mol. The molecule has 1 rings (SSSR count). The molecule has 0 bridgehead atoms. The number of methoxy groups -OCH3 is 1. The molecule has 0 spiro atoms. The molecule has 0 atom stereocenters. The van der Waals surface area contributed by atoms with Crippen LogP contribution in [0.4, 0.5) is 0 Å². The molecule has 68 valence electrons. The van der Waals surface area contributed by atoms with E-state index in [2.05, 4.69) is 9.72 Å². The summed E-state index contributed by atoms with van der Waals surface area (Å²) in [6.45, 7) is 1.66. The van der Waals surface area contributed by atoms with E-state index in [1.807, 2.05) is 0 Å². The van der Waals surface area contributed by atoms with Crippen LogP contribution in [0.25, 0.3) is 0 Å². The van der Waals surface area contributed by atoms with Crippen LogP contribution in [0.1, 0.15) is 16.1 Å². The van der Waals surface area contributed by atoms with Crippen LogP contribution in [0, 0.1) is 6.92 Å². The van der Waals surface area contributed by atoms with E-state index in [0.29, 0.717) is 5.69 Å². The van der Waals surface area contributed by atoms with E-state index in [1.165, 1.54) is 7.11 Å². The Morgan fingerprint density at radius 3 is 2.69 bits per heavy atom. The van der Waals surface area contributed by atoms with Gasteiger partial charge in [-0.1, -0.05) is 0 Å². The molecule has 1 heterocycles. The van der Waals surface area contributed by atoms with E-state index < -0.39 is 11.8 Å². The molecule has 0 aliphatic carbocycles.